The number of hydrogen-bond acceptors (Lipinski definition) is 7. The van der Waals surface area contributed by atoms with Crippen LogP contribution in [-0.4, -0.2) is 79.2 Å². The maximum atomic E-state index is 13.9. The first-order valence-corrected chi connectivity index (χ1v) is 16.4. The number of Topliss-reactive ketones (excluding diaryl/α,β-unsaturated/α-hetero) is 1. The second kappa shape index (κ2) is 12.6. The maximum Gasteiger partial charge on any atom is 0.255 e. The Labute approximate surface area is 256 Å². The van der Waals surface area contributed by atoms with Gasteiger partial charge in [0.2, 0.25) is 5.91 Å². The Balaban J connectivity index is 1.30. The summed E-state index contributed by atoms with van der Waals surface area (Å²) in [5.74, 6) is -0.390. The molecular formula is C33H35N3O7S. The molecule has 2 aliphatic heterocycles. The number of fused-ring (bicyclic) bond motifs is 1. The molecule has 2 saturated heterocycles. The molecule has 3 amide bonds. The first kappa shape index (κ1) is 30.9. The molecule has 0 radical (unpaired) electrons. The highest BCUT2D eigenvalue weighted by Crippen LogP contribution is 2.33. The van der Waals surface area contributed by atoms with Gasteiger partial charge in [0.15, 0.2) is 15.6 Å². The standard InChI is InChI=1S/C33H35N3O7S/c1-21(2)19-26(34-31(38)22-13-15-24(16-14-22)43-23-9-5-4-6-10-23)33(40)35-18-17-27-30(35)28(37)20-36(27)32(39)25-11-7-8-12-29(25)44(3,41)42/h4-16,21,26-27,30H,17-20H2,1-3H3,(H,34,38)/t26-,27+,30-/m0/s1. The van der Waals surface area contributed by atoms with Crippen molar-refractivity contribution in [3.63, 3.8) is 0 Å². The molecule has 230 valence electrons. The third-order valence-corrected chi connectivity index (χ3v) is 9.04. The second-order valence-electron chi connectivity index (χ2n) is 11.6. The molecule has 5 rings (SSSR count). The molecule has 1 N–H and O–H groups in total. The fraction of sp³-hybridized carbons (Fsp3) is 0.333. The predicted molar refractivity (Wildman–Crippen MR) is 163 cm³/mol. The molecule has 2 aliphatic rings. The second-order valence-corrected chi connectivity index (χ2v) is 13.6. The van der Waals surface area contributed by atoms with Crippen molar-refractivity contribution in [3.05, 3.63) is 90.0 Å². The molecule has 44 heavy (non-hydrogen) atoms. The van der Waals surface area contributed by atoms with E-state index in [9.17, 15) is 27.6 Å². The van der Waals surface area contributed by atoms with Crippen molar-refractivity contribution in [1.82, 2.24) is 15.1 Å². The summed E-state index contributed by atoms with van der Waals surface area (Å²) in [6, 6.07) is 19.4. The fourth-order valence-electron chi connectivity index (χ4n) is 5.89. The number of sulfone groups is 1. The number of carbonyl (C=O) groups is 4. The van der Waals surface area contributed by atoms with Gasteiger partial charge in [-0.05, 0) is 67.3 Å². The van der Waals surface area contributed by atoms with Crippen LogP contribution in [0.4, 0.5) is 0 Å². The molecular weight excluding hydrogens is 582 g/mol. The summed E-state index contributed by atoms with van der Waals surface area (Å²) < 4.78 is 30.4. The molecule has 2 fully saturated rings. The minimum atomic E-state index is -3.69. The molecule has 0 saturated carbocycles. The molecule has 0 aromatic heterocycles. The van der Waals surface area contributed by atoms with Gasteiger partial charge in [-0.25, -0.2) is 8.42 Å². The number of amides is 3. The zero-order chi connectivity index (χ0) is 31.6. The van der Waals surface area contributed by atoms with Gasteiger partial charge in [0.25, 0.3) is 11.8 Å². The lowest BCUT2D eigenvalue weighted by atomic mass is 10.0. The van der Waals surface area contributed by atoms with Crippen LogP contribution in [0.15, 0.2) is 83.8 Å². The molecule has 0 spiro atoms. The number of nitrogens with zero attached hydrogens (tertiary/aromatic N) is 2. The molecule has 10 nitrogen and oxygen atoms in total. The van der Waals surface area contributed by atoms with E-state index >= 15 is 0 Å². The molecule has 11 heteroatoms. The smallest absolute Gasteiger partial charge is 0.255 e. The molecule has 0 aliphatic carbocycles. The number of likely N-dealkylation sites (tertiary alicyclic amines) is 2. The molecule has 2 heterocycles. The highest BCUT2D eigenvalue weighted by molar-refractivity contribution is 7.90. The average Bonchev–Trinajstić information content (AvgIpc) is 3.57. The normalized spacial score (nSPS) is 18.7. The van der Waals surface area contributed by atoms with Crippen LogP contribution in [0.1, 0.15) is 47.4 Å². The molecule has 3 aromatic carbocycles. The number of para-hydroxylation sites is 1. The predicted octanol–water partition coefficient (Wildman–Crippen LogP) is 3.72. The van der Waals surface area contributed by atoms with Gasteiger partial charge in [0.1, 0.15) is 23.6 Å². The van der Waals surface area contributed by atoms with E-state index in [-0.39, 0.29) is 41.2 Å². The van der Waals surface area contributed by atoms with Crippen LogP contribution in [0.3, 0.4) is 0 Å². The summed E-state index contributed by atoms with van der Waals surface area (Å²) in [5, 5.41) is 2.86. The van der Waals surface area contributed by atoms with Crippen LogP contribution >= 0.6 is 0 Å². The summed E-state index contributed by atoms with van der Waals surface area (Å²) >= 11 is 0. The minimum absolute atomic E-state index is 0.00152. The Morgan fingerprint density at radius 3 is 2.20 bits per heavy atom. The Morgan fingerprint density at radius 2 is 1.55 bits per heavy atom. The van der Waals surface area contributed by atoms with Crippen LogP contribution < -0.4 is 10.1 Å². The number of carbonyl (C=O) groups excluding carboxylic acids is 4. The van der Waals surface area contributed by atoms with E-state index in [0.717, 1.165) is 6.26 Å². The number of ketones is 1. The number of benzene rings is 3. The van der Waals surface area contributed by atoms with Gasteiger partial charge in [-0.1, -0.05) is 44.2 Å². The molecule has 0 unspecified atom stereocenters. The lowest BCUT2D eigenvalue weighted by Gasteiger charge is -2.29. The summed E-state index contributed by atoms with van der Waals surface area (Å²) in [7, 11) is -3.69. The number of rotatable bonds is 9. The number of nitrogens with one attached hydrogen (secondary N) is 1. The van der Waals surface area contributed by atoms with Crippen LogP contribution in [0.5, 0.6) is 11.5 Å². The van der Waals surface area contributed by atoms with Crippen LogP contribution in [-0.2, 0) is 19.4 Å². The third kappa shape index (κ3) is 6.52. The van der Waals surface area contributed by atoms with Crippen molar-refractivity contribution in [2.75, 3.05) is 19.3 Å². The van der Waals surface area contributed by atoms with Crippen LogP contribution in [0, 0.1) is 5.92 Å². The topological polar surface area (TPSA) is 130 Å². The van der Waals surface area contributed by atoms with Crippen LogP contribution in [0.2, 0.25) is 0 Å². The Kier molecular flexibility index (Phi) is 8.87. The van der Waals surface area contributed by atoms with Crippen molar-refractivity contribution in [1.29, 1.82) is 0 Å². The lowest BCUT2D eigenvalue weighted by Crippen LogP contribution is -2.53. The van der Waals surface area contributed by atoms with Gasteiger partial charge in [-0.15, -0.1) is 0 Å². The van der Waals surface area contributed by atoms with Crippen molar-refractivity contribution < 1.29 is 32.3 Å². The van der Waals surface area contributed by atoms with E-state index in [1.165, 1.54) is 28.0 Å². The zero-order valence-corrected chi connectivity index (χ0v) is 25.6. The largest absolute Gasteiger partial charge is 0.457 e. The van der Waals surface area contributed by atoms with Crippen molar-refractivity contribution in [3.8, 4) is 11.5 Å². The number of hydrogen-bond donors (Lipinski definition) is 1. The summed E-state index contributed by atoms with van der Waals surface area (Å²) in [5.41, 5.74) is 0.350. The SMILES string of the molecule is CC(C)C[C@H](NC(=O)c1ccc(Oc2ccccc2)cc1)C(=O)N1CC[C@@H]2[C@H]1C(=O)CN2C(=O)c1ccccc1S(C)(=O)=O. The monoisotopic (exact) mass is 617 g/mol. The molecule has 3 atom stereocenters. The van der Waals surface area contributed by atoms with Gasteiger partial charge < -0.3 is 19.9 Å². The average molecular weight is 618 g/mol. The van der Waals surface area contributed by atoms with E-state index < -0.39 is 39.8 Å². The van der Waals surface area contributed by atoms with Gasteiger partial charge in [0.05, 0.1) is 23.0 Å². The first-order chi connectivity index (χ1) is 20.9. The Bertz CT molecular complexity index is 1670. The van der Waals surface area contributed by atoms with Crippen molar-refractivity contribution >= 4 is 33.3 Å². The third-order valence-electron chi connectivity index (χ3n) is 7.89. The van der Waals surface area contributed by atoms with E-state index in [1.807, 2.05) is 44.2 Å². The quantitative estimate of drug-likeness (QED) is 0.387. The van der Waals surface area contributed by atoms with Gasteiger partial charge in [-0.2, -0.15) is 0 Å². The van der Waals surface area contributed by atoms with Crippen molar-refractivity contribution in [2.24, 2.45) is 5.92 Å². The molecule has 0 bridgehead atoms. The van der Waals surface area contributed by atoms with Gasteiger partial charge in [-0.3, -0.25) is 19.2 Å². The Morgan fingerprint density at radius 1 is 0.909 bits per heavy atom. The zero-order valence-electron chi connectivity index (χ0n) is 24.8. The highest BCUT2D eigenvalue weighted by atomic mass is 32.2. The summed E-state index contributed by atoms with van der Waals surface area (Å²) in [6.45, 7) is 3.88. The lowest BCUT2D eigenvalue weighted by molar-refractivity contribution is -0.138. The summed E-state index contributed by atoms with van der Waals surface area (Å²) in [4.78, 5) is 56.6. The van der Waals surface area contributed by atoms with Gasteiger partial charge in [0, 0.05) is 18.4 Å². The maximum absolute atomic E-state index is 13.9. The highest BCUT2D eigenvalue weighted by Gasteiger charge is 2.52. The fourth-order valence-corrected chi connectivity index (χ4v) is 6.77. The van der Waals surface area contributed by atoms with Crippen LogP contribution in [0.25, 0.3) is 0 Å². The van der Waals surface area contributed by atoms with Crippen molar-refractivity contribution in [2.45, 2.75) is 49.7 Å². The first-order valence-electron chi connectivity index (χ1n) is 14.5. The van der Waals surface area contributed by atoms with Gasteiger partial charge >= 0.3 is 0 Å². The van der Waals surface area contributed by atoms with E-state index in [2.05, 4.69) is 5.32 Å². The van der Waals surface area contributed by atoms with E-state index in [0.29, 0.717) is 29.9 Å². The summed E-state index contributed by atoms with van der Waals surface area (Å²) in [6.07, 6.45) is 1.75. The molecule has 3 aromatic rings. The Hall–Kier alpha value is -4.51. The van der Waals surface area contributed by atoms with E-state index in [1.54, 1.807) is 30.3 Å². The minimum Gasteiger partial charge on any atom is -0.457 e. The van der Waals surface area contributed by atoms with E-state index in [4.69, 9.17) is 4.74 Å². The number of ether oxygens (including phenoxy) is 1.